The molecule has 4 rings (SSSR count). The van der Waals surface area contributed by atoms with Gasteiger partial charge in [0, 0.05) is 29.9 Å². The lowest BCUT2D eigenvalue weighted by atomic mass is 10.1. The first-order valence-corrected chi connectivity index (χ1v) is 11.5. The number of nitrogens with zero attached hydrogens (tertiary/aromatic N) is 3. The summed E-state index contributed by atoms with van der Waals surface area (Å²) in [5.74, 6) is 0.638. The molecule has 6 heteroatoms. The maximum Gasteiger partial charge on any atom is 0.255 e. The van der Waals surface area contributed by atoms with E-state index in [1.807, 2.05) is 65.5 Å². The van der Waals surface area contributed by atoms with Crippen molar-refractivity contribution in [2.24, 2.45) is 0 Å². The highest BCUT2D eigenvalue weighted by molar-refractivity contribution is 6.06. The number of carbonyl (C=O) groups is 1. The molecule has 168 valence electrons. The van der Waals surface area contributed by atoms with Crippen molar-refractivity contribution in [3.8, 4) is 17.0 Å². The fourth-order valence-corrected chi connectivity index (χ4v) is 3.96. The Morgan fingerprint density at radius 1 is 1.03 bits per heavy atom. The average Bonchev–Trinajstić information content (AvgIpc) is 3.31. The molecule has 0 saturated carbocycles. The number of amides is 1. The molecule has 1 aliphatic rings. The van der Waals surface area contributed by atoms with Crippen LogP contribution in [0.3, 0.4) is 0 Å². The summed E-state index contributed by atoms with van der Waals surface area (Å²) in [6.07, 6.45) is 5.87. The maximum absolute atomic E-state index is 12.9. The van der Waals surface area contributed by atoms with Crippen molar-refractivity contribution < 1.29 is 9.53 Å². The van der Waals surface area contributed by atoms with Gasteiger partial charge in [-0.15, -0.1) is 0 Å². The summed E-state index contributed by atoms with van der Waals surface area (Å²) in [7, 11) is 0. The molecule has 1 saturated heterocycles. The summed E-state index contributed by atoms with van der Waals surface area (Å²) < 4.78 is 7.79. The Morgan fingerprint density at radius 3 is 2.50 bits per heavy atom. The fraction of sp³-hybridized carbons (Fsp3) is 0.385. The molecule has 1 amide bonds. The van der Waals surface area contributed by atoms with Crippen molar-refractivity contribution in [2.45, 2.75) is 39.2 Å². The number of likely N-dealkylation sites (tertiary alicyclic amines) is 1. The van der Waals surface area contributed by atoms with Crippen LogP contribution in [0.15, 0.2) is 60.8 Å². The first kappa shape index (κ1) is 22.1. The van der Waals surface area contributed by atoms with E-state index in [1.54, 1.807) is 0 Å². The molecule has 3 aromatic rings. The number of rotatable bonds is 8. The van der Waals surface area contributed by atoms with E-state index in [2.05, 4.69) is 29.2 Å². The highest BCUT2D eigenvalue weighted by atomic mass is 16.5. The topological polar surface area (TPSA) is 59.4 Å². The lowest BCUT2D eigenvalue weighted by Gasteiger charge is -2.26. The lowest BCUT2D eigenvalue weighted by Crippen LogP contribution is -2.33. The van der Waals surface area contributed by atoms with Crippen LogP contribution in [0.1, 0.15) is 49.5 Å². The highest BCUT2D eigenvalue weighted by Gasteiger charge is 2.13. The molecule has 2 aromatic carbocycles. The van der Waals surface area contributed by atoms with E-state index in [0.717, 1.165) is 29.2 Å². The summed E-state index contributed by atoms with van der Waals surface area (Å²) in [6.45, 7) is 8.13. The summed E-state index contributed by atoms with van der Waals surface area (Å²) in [5, 5.41) is 7.67. The van der Waals surface area contributed by atoms with Crippen LogP contribution in [0.2, 0.25) is 0 Å². The van der Waals surface area contributed by atoms with E-state index in [4.69, 9.17) is 4.74 Å². The third-order valence-corrected chi connectivity index (χ3v) is 5.83. The lowest BCUT2D eigenvalue weighted by molar-refractivity contribution is 0.102. The van der Waals surface area contributed by atoms with Crippen molar-refractivity contribution in [1.29, 1.82) is 0 Å². The Balaban J connectivity index is 1.36. The standard InChI is InChI=1S/C26H32N4O2/c1-20(2)30-17-14-25(28-30)23-8-4-5-9-24(23)27-26(31)21-10-12-22(13-11-21)32-19-18-29-15-6-3-7-16-29/h4-5,8-14,17,20H,3,6-7,15-16,18-19H2,1-2H3,(H,27,31). The minimum absolute atomic E-state index is 0.152. The third kappa shape index (κ3) is 5.56. The molecular weight excluding hydrogens is 400 g/mol. The number of carbonyl (C=O) groups excluding carboxylic acids is 1. The van der Waals surface area contributed by atoms with Gasteiger partial charge < -0.3 is 10.1 Å². The number of anilines is 1. The normalized spacial score (nSPS) is 14.5. The molecule has 2 heterocycles. The summed E-state index contributed by atoms with van der Waals surface area (Å²) >= 11 is 0. The van der Waals surface area contributed by atoms with Gasteiger partial charge in [-0.1, -0.05) is 24.6 Å². The van der Waals surface area contributed by atoms with Gasteiger partial charge in [-0.25, -0.2) is 0 Å². The minimum atomic E-state index is -0.152. The van der Waals surface area contributed by atoms with Crippen LogP contribution in [-0.4, -0.2) is 46.8 Å². The minimum Gasteiger partial charge on any atom is -0.492 e. The quantitative estimate of drug-likeness (QED) is 0.528. The number of hydrogen-bond acceptors (Lipinski definition) is 4. The van der Waals surface area contributed by atoms with Crippen molar-refractivity contribution in [3.63, 3.8) is 0 Å². The molecule has 1 N–H and O–H groups in total. The first-order chi connectivity index (χ1) is 15.6. The second-order valence-electron chi connectivity index (χ2n) is 8.55. The van der Waals surface area contributed by atoms with Crippen LogP contribution in [0, 0.1) is 0 Å². The van der Waals surface area contributed by atoms with E-state index < -0.39 is 0 Å². The van der Waals surface area contributed by atoms with Gasteiger partial charge in [-0.3, -0.25) is 14.4 Å². The Hall–Kier alpha value is -3.12. The number of nitrogens with one attached hydrogen (secondary N) is 1. The van der Waals surface area contributed by atoms with Crippen LogP contribution in [0.25, 0.3) is 11.3 Å². The first-order valence-electron chi connectivity index (χ1n) is 11.5. The van der Waals surface area contributed by atoms with E-state index >= 15 is 0 Å². The number of aromatic nitrogens is 2. The zero-order valence-electron chi connectivity index (χ0n) is 19.0. The van der Waals surface area contributed by atoms with Gasteiger partial charge in [0.15, 0.2) is 0 Å². The number of piperidine rings is 1. The fourth-order valence-electron chi connectivity index (χ4n) is 3.96. The third-order valence-electron chi connectivity index (χ3n) is 5.83. The molecule has 32 heavy (non-hydrogen) atoms. The Bertz CT molecular complexity index is 1020. The molecule has 0 spiro atoms. The predicted octanol–water partition coefficient (Wildman–Crippen LogP) is 5.25. The number of ether oxygens (including phenoxy) is 1. The Labute approximate surface area is 190 Å². The molecule has 1 aromatic heterocycles. The van der Waals surface area contributed by atoms with Crippen molar-refractivity contribution in [2.75, 3.05) is 31.6 Å². The SMILES string of the molecule is CC(C)n1ccc(-c2ccccc2NC(=O)c2ccc(OCCN3CCCCC3)cc2)n1. The van der Waals surface area contributed by atoms with Crippen LogP contribution < -0.4 is 10.1 Å². The number of benzene rings is 2. The summed E-state index contributed by atoms with van der Waals surface area (Å²) in [6, 6.07) is 17.3. The maximum atomic E-state index is 12.9. The van der Waals surface area contributed by atoms with Crippen LogP contribution >= 0.6 is 0 Å². The van der Waals surface area contributed by atoms with Gasteiger partial charge in [0.1, 0.15) is 12.4 Å². The summed E-state index contributed by atoms with van der Waals surface area (Å²) in [5.41, 5.74) is 3.08. The van der Waals surface area contributed by atoms with Gasteiger partial charge in [0.25, 0.3) is 5.91 Å². The second kappa shape index (κ2) is 10.5. The van der Waals surface area contributed by atoms with Crippen molar-refractivity contribution >= 4 is 11.6 Å². The molecule has 1 fully saturated rings. The molecule has 0 unspecified atom stereocenters. The Kier molecular flexibility index (Phi) is 7.22. The molecule has 1 aliphatic heterocycles. The predicted molar refractivity (Wildman–Crippen MR) is 128 cm³/mol. The second-order valence-corrected chi connectivity index (χ2v) is 8.55. The highest BCUT2D eigenvalue weighted by Crippen LogP contribution is 2.27. The van der Waals surface area contributed by atoms with Crippen molar-refractivity contribution in [3.05, 3.63) is 66.4 Å². The van der Waals surface area contributed by atoms with Crippen molar-refractivity contribution in [1.82, 2.24) is 14.7 Å². The molecule has 0 aliphatic carbocycles. The zero-order valence-corrected chi connectivity index (χ0v) is 19.0. The number of hydrogen-bond donors (Lipinski definition) is 1. The van der Waals surface area contributed by atoms with Crippen LogP contribution in [0.4, 0.5) is 5.69 Å². The monoisotopic (exact) mass is 432 g/mol. The van der Waals surface area contributed by atoms with Gasteiger partial charge >= 0.3 is 0 Å². The van der Waals surface area contributed by atoms with Gasteiger partial charge in [-0.05, 0) is 76.2 Å². The molecular formula is C26H32N4O2. The van der Waals surface area contributed by atoms with Gasteiger partial charge in [0.2, 0.25) is 0 Å². The van der Waals surface area contributed by atoms with E-state index in [0.29, 0.717) is 12.2 Å². The van der Waals surface area contributed by atoms with E-state index in [9.17, 15) is 4.79 Å². The van der Waals surface area contributed by atoms with Crippen LogP contribution in [-0.2, 0) is 0 Å². The number of para-hydroxylation sites is 1. The van der Waals surface area contributed by atoms with Gasteiger partial charge in [0.05, 0.1) is 11.4 Å². The molecule has 0 atom stereocenters. The summed E-state index contributed by atoms with van der Waals surface area (Å²) in [4.78, 5) is 15.3. The van der Waals surface area contributed by atoms with Gasteiger partial charge in [-0.2, -0.15) is 5.10 Å². The molecule has 0 bridgehead atoms. The average molecular weight is 433 g/mol. The van der Waals surface area contributed by atoms with E-state index in [-0.39, 0.29) is 11.9 Å². The largest absolute Gasteiger partial charge is 0.492 e. The van der Waals surface area contributed by atoms with Crippen LogP contribution in [0.5, 0.6) is 5.75 Å². The van der Waals surface area contributed by atoms with E-state index in [1.165, 1.54) is 32.4 Å². The smallest absolute Gasteiger partial charge is 0.255 e. The molecule has 0 radical (unpaired) electrons. The Morgan fingerprint density at radius 2 is 1.78 bits per heavy atom. The zero-order chi connectivity index (χ0) is 22.3. The molecule has 6 nitrogen and oxygen atoms in total.